The highest BCUT2D eigenvalue weighted by molar-refractivity contribution is 7.87. The monoisotopic (exact) mass is 489 g/mol. The minimum absolute atomic E-state index is 0.0666. The Kier molecular flexibility index (Phi) is 7.88. The normalized spacial score (nSPS) is 11.4. The van der Waals surface area contributed by atoms with Gasteiger partial charge in [0.1, 0.15) is 16.5 Å². The van der Waals surface area contributed by atoms with E-state index in [1.165, 1.54) is 37.4 Å². The van der Waals surface area contributed by atoms with Gasteiger partial charge in [0.05, 0.1) is 7.11 Å². The van der Waals surface area contributed by atoms with Crippen molar-refractivity contribution in [3.8, 4) is 11.5 Å². The Bertz CT molecular complexity index is 1240. The van der Waals surface area contributed by atoms with E-state index in [4.69, 9.17) is 8.92 Å². The Morgan fingerprint density at radius 1 is 0.912 bits per heavy atom. The maximum absolute atomic E-state index is 13.3. The number of hydrogen-bond acceptors (Lipinski definition) is 5. The number of methoxy groups -OCH3 is 1. The van der Waals surface area contributed by atoms with Gasteiger partial charge in [-0.25, -0.2) is 8.78 Å². The first kappa shape index (κ1) is 25.2. The Hall–Kier alpha value is -3.46. The van der Waals surface area contributed by atoms with Gasteiger partial charge in [0.15, 0.2) is 11.5 Å². The second-order valence-corrected chi connectivity index (χ2v) is 9.61. The fourth-order valence-electron chi connectivity index (χ4n) is 3.31. The molecule has 0 saturated carbocycles. The standard InChI is InChI=1S/C25H25F2NO5S/c1-17(2)15-28(25(29)19-5-7-20(26)8-6-19)16-18-4-13-23(32-3)24(14-18)33-34(30,31)22-11-9-21(27)10-12-22/h4-14,17H,15-16H2,1-3H3. The lowest BCUT2D eigenvalue weighted by Crippen LogP contribution is -2.33. The van der Waals surface area contributed by atoms with Crippen LogP contribution in [0.3, 0.4) is 0 Å². The first-order chi connectivity index (χ1) is 16.1. The zero-order chi connectivity index (χ0) is 24.9. The summed E-state index contributed by atoms with van der Waals surface area (Å²) in [5, 5.41) is 0. The van der Waals surface area contributed by atoms with Gasteiger partial charge < -0.3 is 13.8 Å². The van der Waals surface area contributed by atoms with Gasteiger partial charge in [-0.2, -0.15) is 8.42 Å². The van der Waals surface area contributed by atoms with Crippen LogP contribution < -0.4 is 8.92 Å². The number of amides is 1. The molecule has 0 saturated heterocycles. The zero-order valence-corrected chi connectivity index (χ0v) is 19.8. The number of halogens is 2. The molecular formula is C25H25F2NO5S. The highest BCUT2D eigenvalue weighted by Gasteiger charge is 2.22. The lowest BCUT2D eigenvalue weighted by molar-refractivity contribution is 0.0722. The molecule has 6 nitrogen and oxygen atoms in total. The molecule has 0 atom stereocenters. The van der Waals surface area contributed by atoms with Crippen molar-refractivity contribution in [3.63, 3.8) is 0 Å². The van der Waals surface area contributed by atoms with Crippen LogP contribution in [0.25, 0.3) is 0 Å². The first-order valence-corrected chi connectivity index (χ1v) is 11.9. The predicted octanol–water partition coefficient (Wildman–Crippen LogP) is 5.04. The van der Waals surface area contributed by atoms with E-state index in [9.17, 15) is 22.0 Å². The van der Waals surface area contributed by atoms with Crippen molar-refractivity contribution in [1.29, 1.82) is 0 Å². The van der Waals surface area contributed by atoms with Crippen LogP contribution in [0.4, 0.5) is 8.78 Å². The van der Waals surface area contributed by atoms with Crippen molar-refractivity contribution in [1.82, 2.24) is 4.90 Å². The number of benzene rings is 3. The molecule has 0 fully saturated rings. The molecule has 0 aromatic heterocycles. The van der Waals surface area contributed by atoms with E-state index in [2.05, 4.69) is 0 Å². The number of hydrogen-bond donors (Lipinski definition) is 0. The second-order valence-electron chi connectivity index (χ2n) is 8.06. The summed E-state index contributed by atoms with van der Waals surface area (Å²) < 4.78 is 62.4. The predicted molar refractivity (Wildman–Crippen MR) is 123 cm³/mol. The molecule has 0 aliphatic rings. The van der Waals surface area contributed by atoms with Crippen LogP contribution in [-0.4, -0.2) is 32.9 Å². The van der Waals surface area contributed by atoms with Crippen molar-refractivity contribution in [3.05, 3.63) is 89.5 Å². The average molecular weight is 490 g/mol. The van der Waals surface area contributed by atoms with Gasteiger partial charge in [0.2, 0.25) is 0 Å². The molecule has 180 valence electrons. The van der Waals surface area contributed by atoms with Crippen LogP contribution in [0.15, 0.2) is 71.6 Å². The third kappa shape index (κ3) is 6.32. The number of nitrogens with zero attached hydrogens (tertiary/aromatic N) is 1. The average Bonchev–Trinajstić information content (AvgIpc) is 2.78. The van der Waals surface area contributed by atoms with Gasteiger partial charge >= 0.3 is 10.1 Å². The first-order valence-electron chi connectivity index (χ1n) is 10.5. The minimum atomic E-state index is -4.25. The molecule has 3 aromatic carbocycles. The molecule has 1 amide bonds. The van der Waals surface area contributed by atoms with Crippen LogP contribution in [0.1, 0.15) is 29.8 Å². The van der Waals surface area contributed by atoms with Gasteiger partial charge in [-0.1, -0.05) is 19.9 Å². The lowest BCUT2D eigenvalue weighted by Gasteiger charge is -2.25. The summed E-state index contributed by atoms with van der Waals surface area (Å²) in [6.07, 6.45) is 0. The Morgan fingerprint density at radius 3 is 2.06 bits per heavy atom. The maximum Gasteiger partial charge on any atom is 0.339 e. The van der Waals surface area contributed by atoms with Gasteiger partial charge in [0.25, 0.3) is 5.91 Å². The van der Waals surface area contributed by atoms with Crippen LogP contribution in [0.2, 0.25) is 0 Å². The fraction of sp³-hybridized carbons (Fsp3) is 0.240. The summed E-state index contributed by atoms with van der Waals surface area (Å²) >= 11 is 0. The van der Waals surface area contributed by atoms with Crippen LogP contribution in [0, 0.1) is 17.6 Å². The van der Waals surface area contributed by atoms with Crippen LogP contribution in [-0.2, 0) is 16.7 Å². The third-order valence-electron chi connectivity index (χ3n) is 4.87. The highest BCUT2D eigenvalue weighted by atomic mass is 32.2. The molecule has 0 bridgehead atoms. The van der Waals surface area contributed by atoms with E-state index in [-0.39, 0.29) is 34.8 Å². The number of carbonyl (C=O) groups excluding carboxylic acids is 1. The van der Waals surface area contributed by atoms with Gasteiger partial charge in [0, 0.05) is 18.7 Å². The highest BCUT2D eigenvalue weighted by Crippen LogP contribution is 2.31. The van der Waals surface area contributed by atoms with Crippen LogP contribution >= 0.6 is 0 Å². The smallest absolute Gasteiger partial charge is 0.339 e. The van der Waals surface area contributed by atoms with Crippen molar-refractivity contribution in [2.75, 3.05) is 13.7 Å². The quantitative estimate of drug-likeness (QED) is 0.394. The van der Waals surface area contributed by atoms with Crippen molar-refractivity contribution in [2.24, 2.45) is 5.92 Å². The second kappa shape index (κ2) is 10.6. The molecule has 0 spiro atoms. The van der Waals surface area contributed by atoms with E-state index in [0.717, 1.165) is 24.3 Å². The largest absolute Gasteiger partial charge is 0.493 e. The molecule has 34 heavy (non-hydrogen) atoms. The van der Waals surface area contributed by atoms with Crippen molar-refractivity contribution in [2.45, 2.75) is 25.3 Å². The Balaban J connectivity index is 1.89. The Morgan fingerprint density at radius 2 is 1.50 bits per heavy atom. The molecule has 3 aromatic rings. The zero-order valence-electron chi connectivity index (χ0n) is 19.0. The van der Waals surface area contributed by atoms with Gasteiger partial charge in [-0.15, -0.1) is 0 Å². The van der Waals surface area contributed by atoms with E-state index < -0.39 is 21.8 Å². The summed E-state index contributed by atoms with van der Waals surface area (Å²) in [5.74, 6) is -1.04. The molecule has 3 rings (SSSR count). The fourth-order valence-corrected chi connectivity index (χ4v) is 4.24. The van der Waals surface area contributed by atoms with E-state index in [0.29, 0.717) is 17.7 Å². The molecule has 0 aliphatic carbocycles. The van der Waals surface area contributed by atoms with Crippen LogP contribution in [0.5, 0.6) is 11.5 Å². The van der Waals surface area contributed by atoms with E-state index >= 15 is 0 Å². The van der Waals surface area contributed by atoms with E-state index in [1.54, 1.807) is 17.0 Å². The maximum atomic E-state index is 13.3. The molecule has 0 heterocycles. The number of carbonyl (C=O) groups is 1. The van der Waals surface area contributed by atoms with Crippen molar-refractivity contribution < 1.29 is 30.9 Å². The SMILES string of the molecule is COc1ccc(CN(CC(C)C)C(=O)c2ccc(F)cc2)cc1OS(=O)(=O)c1ccc(F)cc1. The lowest BCUT2D eigenvalue weighted by atomic mass is 10.1. The molecule has 0 radical (unpaired) electrons. The number of rotatable bonds is 9. The molecule has 0 unspecified atom stereocenters. The molecule has 0 N–H and O–H groups in total. The summed E-state index contributed by atoms with van der Waals surface area (Å²) in [6, 6.07) is 14.3. The van der Waals surface area contributed by atoms with Gasteiger partial charge in [-0.05, 0) is 72.1 Å². The topological polar surface area (TPSA) is 72.9 Å². The minimum Gasteiger partial charge on any atom is -0.493 e. The van der Waals surface area contributed by atoms with Gasteiger partial charge in [-0.3, -0.25) is 4.79 Å². The van der Waals surface area contributed by atoms with E-state index in [1.807, 2.05) is 13.8 Å². The summed E-state index contributed by atoms with van der Waals surface area (Å²) in [5.41, 5.74) is 0.937. The molecule has 0 aliphatic heterocycles. The summed E-state index contributed by atoms with van der Waals surface area (Å²) in [6.45, 7) is 4.50. The van der Waals surface area contributed by atoms with Crippen molar-refractivity contribution >= 4 is 16.0 Å². The molecule has 9 heteroatoms. The Labute approximate surface area is 197 Å². The number of ether oxygens (including phenoxy) is 1. The summed E-state index contributed by atoms with van der Waals surface area (Å²) in [7, 11) is -2.88. The molecular weight excluding hydrogens is 464 g/mol. The third-order valence-corrected chi connectivity index (χ3v) is 6.12. The summed E-state index contributed by atoms with van der Waals surface area (Å²) in [4.78, 5) is 14.4.